The number of aromatic nitrogens is 3. The van der Waals surface area contributed by atoms with Crippen molar-refractivity contribution >= 4 is 29.8 Å². The molecule has 88 valence electrons. The van der Waals surface area contributed by atoms with Gasteiger partial charge in [0.25, 0.3) is 0 Å². The molecule has 0 aliphatic heterocycles. The molecule has 2 heterocycles. The lowest BCUT2D eigenvalue weighted by atomic mass is 10.2. The Morgan fingerprint density at radius 3 is 2.88 bits per heavy atom. The van der Waals surface area contributed by atoms with Gasteiger partial charge in [-0.05, 0) is 12.1 Å². The standard InChI is InChI=1S/C10H8ClN3O2S/c1-16-10(15)7-8(13-14-9(7)17)5-3-2-4-6(11)12-5/h2-4H,1H3,(H2,13,14,17). The van der Waals surface area contributed by atoms with Crippen LogP contribution in [-0.2, 0) is 4.74 Å². The van der Waals surface area contributed by atoms with E-state index in [1.807, 2.05) is 0 Å². The molecule has 2 N–H and O–H groups in total. The van der Waals surface area contributed by atoms with Crippen LogP contribution >= 0.6 is 23.8 Å². The zero-order chi connectivity index (χ0) is 12.4. The summed E-state index contributed by atoms with van der Waals surface area (Å²) in [6.07, 6.45) is 0. The summed E-state index contributed by atoms with van der Waals surface area (Å²) in [6.45, 7) is 0. The van der Waals surface area contributed by atoms with E-state index in [0.717, 1.165) is 0 Å². The molecule has 0 spiro atoms. The van der Waals surface area contributed by atoms with Gasteiger partial charge in [0.1, 0.15) is 15.4 Å². The molecule has 0 saturated heterocycles. The van der Waals surface area contributed by atoms with E-state index in [0.29, 0.717) is 16.5 Å². The van der Waals surface area contributed by atoms with Gasteiger partial charge >= 0.3 is 5.97 Å². The van der Waals surface area contributed by atoms with E-state index in [-0.39, 0.29) is 10.2 Å². The second-order valence-corrected chi connectivity index (χ2v) is 3.96. The summed E-state index contributed by atoms with van der Waals surface area (Å²) < 4.78 is 4.93. The Morgan fingerprint density at radius 2 is 2.24 bits per heavy atom. The molecule has 0 aromatic carbocycles. The van der Waals surface area contributed by atoms with Crippen LogP contribution in [0.4, 0.5) is 0 Å². The molecule has 0 fully saturated rings. The van der Waals surface area contributed by atoms with Crippen molar-refractivity contribution in [3.8, 4) is 11.4 Å². The van der Waals surface area contributed by atoms with Gasteiger partial charge in [0.2, 0.25) is 0 Å². The van der Waals surface area contributed by atoms with Crippen LogP contribution in [0.1, 0.15) is 10.4 Å². The first-order chi connectivity index (χ1) is 8.13. The maximum atomic E-state index is 11.6. The van der Waals surface area contributed by atoms with Crippen LogP contribution in [0, 0.1) is 4.64 Å². The molecule has 0 atom stereocenters. The number of methoxy groups -OCH3 is 1. The summed E-state index contributed by atoms with van der Waals surface area (Å²) in [5.41, 5.74) is 1.23. The zero-order valence-corrected chi connectivity index (χ0v) is 10.4. The highest BCUT2D eigenvalue weighted by molar-refractivity contribution is 7.71. The van der Waals surface area contributed by atoms with Crippen LogP contribution in [0.25, 0.3) is 11.4 Å². The minimum absolute atomic E-state index is 0.247. The van der Waals surface area contributed by atoms with Crippen molar-refractivity contribution in [3.05, 3.63) is 33.6 Å². The van der Waals surface area contributed by atoms with Crippen LogP contribution < -0.4 is 0 Å². The van der Waals surface area contributed by atoms with Gasteiger partial charge in [-0.25, -0.2) is 9.78 Å². The number of ether oxygens (including phenoxy) is 1. The third-order valence-electron chi connectivity index (χ3n) is 2.14. The molecular weight excluding hydrogens is 262 g/mol. The Kier molecular flexibility index (Phi) is 3.26. The van der Waals surface area contributed by atoms with Crippen molar-refractivity contribution in [2.45, 2.75) is 0 Å². The minimum atomic E-state index is -0.524. The fourth-order valence-electron chi connectivity index (χ4n) is 1.39. The van der Waals surface area contributed by atoms with Crippen LogP contribution in [0.3, 0.4) is 0 Å². The molecule has 0 radical (unpaired) electrons. The van der Waals surface area contributed by atoms with Crippen molar-refractivity contribution in [2.75, 3.05) is 7.11 Å². The highest BCUT2D eigenvalue weighted by Gasteiger charge is 2.18. The van der Waals surface area contributed by atoms with Crippen molar-refractivity contribution in [1.82, 2.24) is 15.2 Å². The van der Waals surface area contributed by atoms with E-state index >= 15 is 0 Å². The molecule has 0 aliphatic rings. The van der Waals surface area contributed by atoms with E-state index in [9.17, 15) is 4.79 Å². The number of H-pyrrole nitrogens is 2. The van der Waals surface area contributed by atoms with Crippen molar-refractivity contribution in [1.29, 1.82) is 0 Å². The number of rotatable bonds is 2. The summed E-state index contributed by atoms with van der Waals surface area (Å²) >= 11 is 10.8. The molecule has 17 heavy (non-hydrogen) atoms. The largest absolute Gasteiger partial charge is 0.465 e. The van der Waals surface area contributed by atoms with Crippen molar-refractivity contribution in [2.24, 2.45) is 0 Å². The number of esters is 1. The average Bonchev–Trinajstić information content (AvgIpc) is 2.70. The van der Waals surface area contributed by atoms with Crippen LogP contribution in [0.5, 0.6) is 0 Å². The van der Waals surface area contributed by atoms with Gasteiger partial charge in [-0.15, -0.1) is 0 Å². The van der Waals surface area contributed by atoms with Gasteiger partial charge in [-0.2, -0.15) is 0 Å². The lowest BCUT2D eigenvalue weighted by Gasteiger charge is -2.01. The third kappa shape index (κ3) is 2.22. The maximum Gasteiger partial charge on any atom is 0.343 e. The zero-order valence-electron chi connectivity index (χ0n) is 8.78. The number of nitrogens with zero attached hydrogens (tertiary/aromatic N) is 1. The summed E-state index contributed by atoms with van der Waals surface area (Å²) in [7, 11) is 1.29. The van der Waals surface area contributed by atoms with E-state index in [1.165, 1.54) is 7.11 Å². The Labute approximate surface area is 107 Å². The molecule has 5 nitrogen and oxygen atoms in total. The molecular formula is C10H8ClN3O2S. The number of pyridine rings is 1. The van der Waals surface area contributed by atoms with Crippen molar-refractivity contribution < 1.29 is 9.53 Å². The molecule has 0 unspecified atom stereocenters. The number of carbonyl (C=O) groups excluding carboxylic acids is 1. The van der Waals surface area contributed by atoms with E-state index < -0.39 is 5.97 Å². The van der Waals surface area contributed by atoms with Crippen LogP contribution in [0.15, 0.2) is 18.2 Å². The number of hydrogen-bond donors (Lipinski definition) is 2. The van der Waals surface area contributed by atoms with Gasteiger partial charge in [0.05, 0.1) is 18.5 Å². The normalized spacial score (nSPS) is 10.2. The van der Waals surface area contributed by atoms with Gasteiger partial charge < -0.3 is 4.74 Å². The molecule has 0 bridgehead atoms. The summed E-state index contributed by atoms with van der Waals surface area (Å²) in [5.74, 6) is -0.524. The first kappa shape index (κ1) is 11.8. The number of aromatic amines is 2. The second-order valence-electron chi connectivity index (χ2n) is 3.17. The monoisotopic (exact) mass is 269 g/mol. The lowest BCUT2D eigenvalue weighted by Crippen LogP contribution is -2.03. The topological polar surface area (TPSA) is 70.8 Å². The second kappa shape index (κ2) is 4.68. The smallest absolute Gasteiger partial charge is 0.343 e. The highest BCUT2D eigenvalue weighted by atomic mass is 35.5. The molecule has 2 aromatic heterocycles. The summed E-state index contributed by atoms with van der Waals surface area (Å²) in [6, 6.07) is 5.09. The quantitative estimate of drug-likeness (QED) is 0.499. The molecule has 0 saturated carbocycles. The van der Waals surface area contributed by atoms with Gasteiger partial charge in [0, 0.05) is 0 Å². The fraction of sp³-hybridized carbons (Fsp3) is 0.100. The fourth-order valence-corrected chi connectivity index (χ4v) is 1.79. The first-order valence-corrected chi connectivity index (χ1v) is 5.44. The van der Waals surface area contributed by atoms with Gasteiger partial charge in [-0.1, -0.05) is 29.9 Å². The van der Waals surface area contributed by atoms with Crippen molar-refractivity contribution in [3.63, 3.8) is 0 Å². The van der Waals surface area contributed by atoms with E-state index in [4.69, 9.17) is 23.8 Å². The lowest BCUT2D eigenvalue weighted by molar-refractivity contribution is 0.0601. The van der Waals surface area contributed by atoms with E-state index in [1.54, 1.807) is 18.2 Å². The average molecular weight is 270 g/mol. The molecule has 7 heteroatoms. The predicted molar refractivity (Wildman–Crippen MR) is 65.6 cm³/mol. The molecule has 2 aromatic rings. The van der Waals surface area contributed by atoms with Gasteiger partial charge in [-0.3, -0.25) is 10.2 Å². The Morgan fingerprint density at radius 1 is 1.47 bits per heavy atom. The Bertz CT molecular complexity index is 620. The van der Waals surface area contributed by atoms with E-state index in [2.05, 4.69) is 19.9 Å². The Hall–Kier alpha value is -1.66. The summed E-state index contributed by atoms with van der Waals surface area (Å²) in [4.78, 5) is 15.7. The number of nitrogens with one attached hydrogen (secondary N) is 2. The SMILES string of the molecule is COC(=O)c1c(-c2cccc(Cl)n2)[nH][nH]c1=S. The number of halogens is 1. The predicted octanol–water partition coefficient (Wildman–Crippen LogP) is 2.57. The highest BCUT2D eigenvalue weighted by Crippen LogP contribution is 2.22. The Balaban J connectivity index is 2.61. The third-order valence-corrected chi connectivity index (χ3v) is 2.66. The maximum absolute atomic E-state index is 11.6. The molecule has 0 aliphatic carbocycles. The number of carbonyl (C=O) groups is 1. The molecule has 0 amide bonds. The van der Waals surface area contributed by atoms with Gasteiger partial charge in [0.15, 0.2) is 0 Å². The van der Waals surface area contributed by atoms with Crippen LogP contribution in [0.2, 0.25) is 5.15 Å². The minimum Gasteiger partial charge on any atom is -0.465 e. The number of hydrogen-bond acceptors (Lipinski definition) is 4. The summed E-state index contributed by atoms with van der Waals surface area (Å²) in [5, 5.41) is 5.79. The molecule has 2 rings (SSSR count). The van der Waals surface area contributed by atoms with Crippen LogP contribution in [-0.4, -0.2) is 28.3 Å². The first-order valence-electron chi connectivity index (χ1n) is 4.65.